The molecule has 0 aromatic heterocycles. The third kappa shape index (κ3) is 4.64. The van der Waals surface area contributed by atoms with Gasteiger partial charge in [0.15, 0.2) is 11.5 Å². The Bertz CT molecular complexity index is 2210. The number of non-ortho nitro benzene ring substituents is 1. The predicted molar refractivity (Wildman–Crippen MR) is 186 cm³/mol. The van der Waals surface area contributed by atoms with Gasteiger partial charge in [0, 0.05) is 23.1 Å². The molecule has 8 rings (SSSR count). The summed E-state index contributed by atoms with van der Waals surface area (Å²) in [4.78, 5) is 71.7. The second kappa shape index (κ2) is 11.9. The van der Waals surface area contributed by atoms with Crippen LogP contribution in [-0.4, -0.2) is 40.8 Å². The van der Waals surface area contributed by atoms with E-state index in [0.717, 1.165) is 4.90 Å². The average molecular weight is 704 g/mol. The van der Waals surface area contributed by atoms with Crippen LogP contribution in [0.25, 0.3) is 0 Å². The van der Waals surface area contributed by atoms with E-state index >= 15 is 4.79 Å². The smallest absolute Gasteiger partial charge is 0.271 e. The van der Waals surface area contributed by atoms with Gasteiger partial charge in [0.1, 0.15) is 0 Å². The van der Waals surface area contributed by atoms with E-state index in [4.69, 9.17) is 16.3 Å². The summed E-state index contributed by atoms with van der Waals surface area (Å²) in [5.74, 6) is -6.07. The summed E-state index contributed by atoms with van der Waals surface area (Å²) in [6.07, 6.45) is 2.14. The van der Waals surface area contributed by atoms with E-state index in [1.165, 1.54) is 42.3 Å². The molecule has 1 N–H and O–H groups in total. The van der Waals surface area contributed by atoms with E-state index in [1.54, 1.807) is 48.5 Å². The number of nitro benzene ring substituents is 1. The van der Waals surface area contributed by atoms with Crippen LogP contribution in [0.4, 0.5) is 17.1 Å². The zero-order valence-electron chi connectivity index (χ0n) is 27.1. The van der Waals surface area contributed by atoms with Crippen molar-refractivity contribution in [2.24, 2.45) is 23.7 Å². The fraction of sp³-hybridized carbons (Fsp3) is 0.231. The number of anilines is 2. The van der Waals surface area contributed by atoms with Gasteiger partial charge in [0.05, 0.1) is 46.6 Å². The topological polar surface area (TPSA) is 147 Å². The number of nitrogens with zero attached hydrogens (tertiary/aromatic N) is 3. The van der Waals surface area contributed by atoms with Crippen LogP contribution in [0.1, 0.15) is 29.9 Å². The van der Waals surface area contributed by atoms with Crippen molar-refractivity contribution in [2.75, 3.05) is 16.9 Å². The molecule has 6 atom stereocenters. The molecule has 0 bridgehead atoms. The van der Waals surface area contributed by atoms with Crippen molar-refractivity contribution in [1.29, 1.82) is 0 Å². The highest BCUT2D eigenvalue weighted by Crippen LogP contribution is 2.65. The van der Waals surface area contributed by atoms with E-state index in [0.29, 0.717) is 27.4 Å². The summed E-state index contributed by atoms with van der Waals surface area (Å²) < 4.78 is 5.34. The van der Waals surface area contributed by atoms with Crippen LogP contribution >= 0.6 is 11.6 Å². The normalized spacial score (nSPS) is 26.8. The number of hydrogen-bond acceptors (Lipinski definition) is 8. The first kappa shape index (κ1) is 32.4. The van der Waals surface area contributed by atoms with Gasteiger partial charge < -0.3 is 9.84 Å². The molecule has 2 aliphatic carbocycles. The second-order valence-corrected chi connectivity index (χ2v) is 13.8. The van der Waals surface area contributed by atoms with Gasteiger partial charge in [-0.25, -0.2) is 9.80 Å². The van der Waals surface area contributed by atoms with E-state index in [1.807, 2.05) is 24.3 Å². The summed E-state index contributed by atoms with van der Waals surface area (Å²) in [6.45, 7) is 0. The maximum absolute atomic E-state index is 15.3. The first-order valence-corrected chi connectivity index (χ1v) is 16.8. The lowest BCUT2D eigenvalue weighted by molar-refractivity contribution is -0.384. The molecule has 2 heterocycles. The van der Waals surface area contributed by atoms with Crippen LogP contribution in [0, 0.1) is 33.8 Å². The molecule has 11 nitrogen and oxygen atoms in total. The van der Waals surface area contributed by atoms with Crippen LogP contribution in [0.5, 0.6) is 11.5 Å². The molecule has 4 aromatic carbocycles. The highest BCUT2D eigenvalue weighted by atomic mass is 35.5. The standard InChI is InChI=1S/C39H30ClN3O8/c1-51-32-16-13-21(17-31(32)44)34-27-14-15-28-33(37(47)41(35(28)45)25-11-6-12-26(19-25)43(49)50)29(27)20-30-36(46)42(24-10-5-9-23(40)18-24)38(48)39(30,34)22-7-3-2-4-8-22/h2-14,16-19,28-30,33-34,44H,15,20H2,1H3. The second-order valence-electron chi connectivity index (χ2n) is 13.3. The number of imide groups is 2. The number of fused-ring (bicyclic) bond motifs is 4. The average Bonchev–Trinajstić information content (AvgIpc) is 3.52. The number of carbonyl (C=O) groups is 4. The summed E-state index contributed by atoms with van der Waals surface area (Å²) in [7, 11) is 1.43. The van der Waals surface area contributed by atoms with Gasteiger partial charge in [0.25, 0.3) is 5.69 Å². The van der Waals surface area contributed by atoms with Crippen molar-refractivity contribution in [3.05, 3.63) is 135 Å². The zero-order chi connectivity index (χ0) is 35.8. The Labute approximate surface area is 296 Å². The van der Waals surface area contributed by atoms with E-state index in [2.05, 4.69) is 0 Å². The molecular formula is C39H30ClN3O8. The van der Waals surface area contributed by atoms with Crippen molar-refractivity contribution < 1.29 is 33.9 Å². The Morgan fingerprint density at radius 1 is 0.843 bits per heavy atom. The molecule has 0 radical (unpaired) electrons. The summed E-state index contributed by atoms with van der Waals surface area (Å²) >= 11 is 6.37. The number of halogens is 1. The van der Waals surface area contributed by atoms with Gasteiger partial charge in [-0.05, 0) is 66.3 Å². The minimum Gasteiger partial charge on any atom is -0.504 e. The maximum Gasteiger partial charge on any atom is 0.271 e. The molecule has 4 aromatic rings. The first-order valence-electron chi connectivity index (χ1n) is 16.5. The zero-order valence-corrected chi connectivity index (χ0v) is 27.9. The summed E-state index contributed by atoms with van der Waals surface area (Å²) in [5, 5.41) is 23.0. The molecule has 4 aliphatic rings. The summed E-state index contributed by atoms with van der Waals surface area (Å²) in [5.41, 5.74) is 0.449. The van der Waals surface area contributed by atoms with Crippen molar-refractivity contribution in [3.8, 4) is 11.5 Å². The van der Waals surface area contributed by atoms with Crippen molar-refractivity contribution >= 4 is 52.3 Å². The van der Waals surface area contributed by atoms with Crippen LogP contribution in [-0.2, 0) is 24.6 Å². The number of amides is 4. The number of aromatic hydroxyl groups is 1. The Morgan fingerprint density at radius 2 is 1.57 bits per heavy atom. The number of phenolic OH excluding ortho intramolecular Hbond substituents is 1. The maximum atomic E-state index is 15.3. The lowest BCUT2D eigenvalue weighted by Gasteiger charge is -2.50. The molecule has 1 saturated carbocycles. The fourth-order valence-corrected chi connectivity index (χ4v) is 9.19. The highest BCUT2D eigenvalue weighted by Gasteiger charge is 2.70. The third-order valence-electron chi connectivity index (χ3n) is 11.0. The minimum absolute atomic E-state index is 0.0734. The summed E-state index contributed by atoms with van der Waals surface area (Å²) in [6, 6.07) is 25.8. The Kier molecular flexibility index (Phi) is 7.57. The van der Waals surface area contributed by atoms with Crippen LogP contribution in [0.3, 0.4) is 0 Å². The lowest BCUT2D eigenvalue weighted by Crippen LogP contribution is -2.53. The molecular weight excluding hydrogens is 674 g/mol. The van der Waals surface area contributed by atoms with Gasteiger partial charge >= 0.3 is 0 Å². The van der Waals surface area contributed by atoms with Gasteiger partial charge in [0.2, 0.25) is 23.6 Å². The molecule has 2 aliphatic heterocycles. The number of rotatable bonds is 6. The van der Waals surface area contributed by atoms with E-state index in [-0.39, 0.29) is 35.7 Å². The lowest BCUT2D eigenvalue weighted by atomic mass is 9.49. The minimum atomic E-state index is -1.51. The van der Waals surface area contributed by atoms with Gasteiger partial charge in [-0.1, -0.05) is 71.8 Å². The predicted octanol–water partition coefficient (Wildman–Crippen LogP) is 6.33. The molecule has 256 valence electrons. The van der Waals surface area contributed by atoms with Gasteiger partial charge in [-0.15, -0.1) is 0 Å². The van der Waals surface area contributed by atoms with Crippen molar-refractivity contribution in [1.82, 2.24) is 0 Å². The van der Waals surface area contributed by atoms with Crippen molar-refractivity contribution in [3.63, 3.8) is 0 Å². The van der Waals surface area contributed by atoms with Crippen LogP contribution in [0.15, 0.2) is 109 Å². The molecule has 51 heavy (non-hydrogen) atoms. The Morgan fingerprint density at radius 3 is 2.25 bits per heavy atom. The molecule has 6 unspecified atom stereocenters. The monoisotopic (exact) mass is 703 g/mol. The molecule has 3 fully saturated rings. The fourth-order valence-electron chi connectivity index (χ4n) is 9.01. The molecule has 2 saturated heterocycles. The SMILES string of the molecule is COc1ccc(C2C3=CCC4C(=O)N(c5cccc([N+](=O)[O-])c5)C(=O)C4C3CC3C(=O)N(c4cccc(Cl)c4)C(=O)C32c2ccccc2)cc1O. The number of phenols is 1. The first-order chi connectivity index (χ1) is 24.6. The Hall–Kier alpha value is -5.81. The number of allylic oxidation sites excluding steroid dienone is 2. The van der Waals surface area contributed by atoms with Gasteiger partial charge in [-0.3, -0.25) is 29.3 Å². The number of ether oxygens (including phenoxy) is 1. The number of carbonyl (C=O) groups excluding carboxylic acids is 4. The van der Waals surface area contributed by atoms with E-state index < -0.39 is 63.6 Å². The van der Waals surface area contributed by atoms with Crippen LogP contribution < -0.4 is 14.5 Å². The quantitative estimate of drug-likeness (QED) is 0.106. The van der Waals surface area contributed by atoms with Crippen LogP contribution in [0.2, 0.25) is 5.02 Å². The highest BCUT2D eigenvalue weighted by molar-refractivity contribution is 6.32. The molecule has 12 heteroatoms. The third-order valence-corrected chi connectivity index (χ3v) is 11.2. The molecule has 0 spiro atoms. The number of benzene rings is 4. The van der Waals surface area contributed by atoms with Crippen molar-refractivity contribution in [2.45, 2.75) is 24.2 Å². The number of hydrogen-bond donors (Lipinski definition) is 1. The molecule has 4 amide bonds. The number of methoxy groups -OCH3 is 1. The number of nitro groups is 1. The largest absolute Gasteiger partial charge is 0.504 e. The van der Waals surface area contributed by atoms with E-state index in [9.17, 15) is 29.6 Å². The van der Waals surface area contributed by atoms with Gasteiger partial charge in [-0.2, -0.15) is 0 Å². The Balaban J connectivity index is 1.34.